The van der Waals surface area contributed by atoms with E-state index in [0.29, 0.717) is 10.7 Å². The lowest BCUT2D eigenvalue weighted by Gasteiger charge is -2.13. The summed E-state index contributed by atoms with van der Waals surface area (Å²) in [4.78, 5) is 11.6. The SMILES string of the molecule is CCCCC(O)c1cc(Cl)c2c(c1)C(C)C(=O)N2. The fraction of sp³-hybridized carbons (Fsp3) is 0.500. The van der Waals surface area contributed by atoms with Gasteiger partial charge >= 0.3 is 0 Å². The summed E-state index contributed by atoms with van der Waals surface area (Å²) < 4.78 is 0. The number of amides is 1. The summed E-state index contributed by atoms with van der Waals surface area (Å²) >= 11 is 6.16. The summed E-state index contributed by atoms with van der Waals surface area (Å²) in [5.74, 6) is -0.233. The molecule has 1 amide bonds. The molecule has 0 fully saturated rings. The minimum absolute atomic E-state index is 0.0351. The average molecular weight is 268 g/mol. The predicted molar refractivity (Wildman–Crippen MR) is 73.0 cm³/mol. The third kappa shape index (κ3) is 2.38. The molecule has 0 spiro atoms. The van der Waals surface area contributed by atoms with Gasteiger partial charge < -0.3 is 10.4 Å². The van der Waals surface area contributed by atoms with Crippen molar-refractivity contribution in [1.82, 2.24) is 0 Å². The number of benzene rings is 1. The molecule has 0 aromatic heterocycles. The van der Waals surface area contributed by atoms with Crippen LogP contribution in [0, 0.1) is 0 Å². The maximum absolute atomic E-state index is 11.6. The van der Waals surface area contributed by atoms with Crippen LogP contribution in [-0.4, -0.2) is 11.0 Å². The maximum Gasteiger partial charge on any atom is 0.231 e. The van der Waals surface area contributed by atoms with Gasteiger partial charge in [-0.05, 0) is 30.5 Å². The van der Waals surface area contributed by atoms with Gasteiger partial charge in [0.2, 0.25) is 5.91 Å². The van der Waals surface area contributed by atoms with Crippen molar-refractivity contribution in [2.45, 2.75) is 45.1 Å². The minimum atomic E-state index is -0.504. The molecule has 3 nitrogen and oxygen atoms in total. The molecular formula is C14H18ClNO2. The van der Waals surface area contributed by atoms with Crippen molar-refractivity contribution in [1.29, 1.82) is 0 Å². The monoisotopic (exact) mass is 267 g/mol. The van der Waals surface area contributed by atoms with Crippen LogP contribution >= 0.6 is 11.6 Å². The first-order chi connectivity index (χ1) is 8.54. The molecule has 0 radical (unpaired) electrons. The Morgan fingerprint density at radius 3 is 2.89 bits per heavy atom. The number of hydrogen-bond acceptors (Lipinski definition) is 2. The molecule has 2 atom stereocenters. The third-order valence-corrected chi connectivity index (χ3v) is 3.77. The van der Waals surface area contributed by atoms with Gasteiger partial charge in [-0.1, -0.05) is 37.4 Å². The predicted octanol–water partition coefficient (Wildman–Crippen LogP) is 3.62. The quantitative estimate of drug-likeness (QED) is 0.875. The number of aliphatic hydroxyl groups excluding tert-OH is 1. The van der Waals surface area contributed by atoms with Gasteiger partial charge in [-0.2, -0.15) is 0 Å². The van der Waals surface area contributed by atoms with E-state index in [1.807, 2.05) is 13.0 Å². The number of carbonyl (C=O) groups is 1. The summed E-state index contributed by atoms with van der Waals surface area (Å²) in [5, 5.41) is 13.4. The normalized spacial score (nSPS) is 19.6. The second-order valence-corrected chi connectivity index (χ2v) is 5.24. The van der Waals surface area contributed by atoms with Crippen molar-refractivity contribution in [3.63, 3.8) is 0 Å². The molecule has 1 aromatic carbocycles. The number of nitrogens with one attached hydrogen (secondary N) is 1. The third-order valence-electron chi connectivity index (χ3n) is 3.47. The Morgan fingerprint density at radius 2 is 2.22 bits per heavy atom. The highest BCUT2D eigenvalue weighted by Crippen LogP contribution is 2.40. The lowest BCUT2D eigenvalue weighted by molar-refractivity contribution is -0.116. The summed E-state index contributed by atoms with van der Waals surface area (Å²) in [6.07, 6.45) is 2.24. The van der Waals surface area contributed by atoms with Crippen molar-refractivity contribution in [3.05, 3.63) is 28.3 Å². The van der Waals surface area contributed by atoms with Crippen LogP contribution in [0.25, 0.3) is 0 Å². The van der Waals surface area contributed by atoms with E-state index in [0.717, 1.165) is 30.4 Å². The number of carbonyl (C=O) groups excluding carboxylic acids is 1. The van der Waals surface area contributed by atoms with Crippen LogP contribution in [-0.2, 0) is 4.79 Å². The van der Waals surface area contributed by atoms with E-state index in [2.05, 4.69) is 12.2 Å². The highest BCUT2D eigenvalue weighted by Gasteiger charge is 2.29. The lowest BCUT2D eigenvalue weighted by atomic mass is 9.96. The van der Waals surface area contributed by atoms with Crippen molar-refractivity contribution in [2.24, 2.45) is 0 Å². The topological polar surface area (TPSA) is 49.3 Å². The van der Waals surface area contributed by atoms with Crippen LogP contribution in [0.15, 0.2) is 12.1 Å². The van der Waals surface area contributed by atoms with E-state index in [4.69, 9.17) is 11.6 Å². The standard InChI is InChI=1S/C14H18ClNO2/c1-3-4-5-12(17)9-6-10-8(2)14(18)16-13(10)11(15)7-9/h6-8,12,17H,3-5H2,1-2H3,(H,16,18). The van der Waals surface area contributed by atoms with E-state index < -0.39 is 6.10 Å². The van der Waals surface area contributed by atoms with Crippen LogP contribution < -0.4 is 5.32 Å². The molecule has 2 unspecified atom stereocenters. The van der Waals surface area contributed by atoms with Crippen LogP contribution in [0.1, 0.15) is 56.3 Å². The van der Waals surface area contributed by atoms with Crippen LogP contribution in [0.2, 0.25) is 5.02 Å². The van der Waals surface area contributed by atoms with Gasteiger partial charge in [0.15, 0.2) is 0 Å². The van der Waals surface area contributed by atoms with Crippen molar-refractivity contribution in [3.8, 4) is 0 Å². The molecule has 0 aliphatic carbocycles. The first-order valence-corrected chi connectivity index (χ1v) is 6.74. The molecule has 0 saturated carbocycles. The number of fused-ring (bicyclic) bond motifs is 1. The summed E-state index contributed by atoms with van der Waals surface area (Å²) in [6, 6.07) is 3.64. The van der Waals surface area contributed by atoms with E-state index in [9.17, 15) is 9.90 Å². The molecule has 1 aromatic rings. The van der Waals surface area contributed by atoms with E-state index in [1.165, 1.54) is 0 Å². The molecule has 2 N–H and O–H groups in total. The van der Waals surface area contributed by atoms with Crippen LogP contribution in [0.5, 0.6) is 0 Å². The number of hydrogen-bond donors (Lipinski definition) is 2. The number of aliphatic hydroxyl groups is 1. The second-order valence-electron chi connectivity index (χ2n) is 4.84. The molecule has 0 saturated heterocycles. The van der Waals surface area contributed by atoms with Gasteiger partial charge in [0, 0.05) is 0 Å². The van der Waals surface area contributed by atoms with Gasteiger partial charge in [-0.15, -0.1) is 0 Å². The van der Waals surface area contributed by atoms with E-state index in [-0.39, 0.29) is 11.8 Å². The zero-order valence-electron chi connectivity index (χ0n) is 10.7. The van der Waals surface area contributed by atoms with Gasteiger partial charge in [0.1, 0.15) is 0 Å². The average Bonchev–Trinajstić information content (AvgIpc) is 2.64. The molecule has 1 aliphatic heterocycles. The second kappa shape index (κ2) is 5.29. The Balaban J connectivity index is 2.31. The minimum Gasteiger partial charge on any atom is -0.388 e. The number of anilines is 1. The highest BCUT2D eigenvalue weighted by molar-refractivity contribution is 6.34. The Labute approximate surface area is 112 Å². The van der Waals surface area contributed by atoms with Crippen LogP contribution in [0.3, 0.4) is 0 Å². The fourth-order valence-corrected chi connectivity index (χ4v) is 2.53. The van der Waals surface area contributed by atoms with E-state index in [1.54, 1.807) is 6.07 Å². The van der Waals surface area contributed by atoms with Crippen molar-refractivity contribution >= 4 is 23.2 Å². The van der Waals surface area contributed by atoms with Crippen molar-refractivity contribution in [2.75, 3.05) is 5.32 Å². The molecule has 1 aliphatic rings. The van der Waals surface area contributed by atoms with Gasteiger partial charge in [0.25, 0.3) is 0 Å². The molecule has 18 heavy (non-hydrogen) atoms. The number of unbranched alkanes of at least 4 members (excludes halogenated alkanes) is 1. The Kier molecular flexibility index (Phi) is 3.93. The largest absolute Gasteiger partial charge is 0.388 e. The molecule has 2 rings (SSSR count). The molecule has 4 heteroatoms. The van der Waals surface area contributed by atoms with Gasteiger partial charge in [0.05, 0.1) is 22.7 Å². The Morgan fingerprint density at radius 1 is 1.50 bits per heavy atom. The number of rotatable bonds is 4. The van der Waals surface area contributed by atoms with Gasteiger partial charge in [-0.3, -0.25) is 4.79 Å². The lowest BCUT2D eigenvalue weighted by Crippen LogP contribution is -2.08. The zero-order chi connectivity index (χ0) is 13.3. The molecule has 1 heterocycles. The summed E-state index contributed by atoms with van der Waals surface area (Å²) in [5.41, 5.74) is 2.38. The smallest absolute Gasteiger partial charge is 0.231 e. The van der Waals surface area contributed by atoms with Crippen LogP contribution in [0.4, 0.5) is 5.69 Å². The fourth-order valence-electron chi connectivity index (χ4n) is 2.25. The maximum atomic E-state index is 11.6. The summed E-state index contributed by atoms with van der Waals surface area (Å²) in [7, 11) is 0. The first kappa shape index (κ1) is 13.4. The molecule has 98 valence electrons. The zero-order valence-corrected chi connectivity index (χ0v) is 11.4. The molecule has 0 bridgehead atoms. The van der Waals surface area contributed by atoms with E-state index >= 15 is 0 Å². The van der Waals surface area contributed by atoms with Gasteiger partial charge in [-0.25, -0.2) is 0 Å². The first-order valence-electron chi connectivity index (χ1n) is 6.36. The summed E-state index contributed by atoms with van der Waals surface area (Å²) in [6.45, 7) is 3.94. The van der Waals surface area contributed by atoms with Crippen molar-refractivity contribution < 1.29 is 9.90 Å². The Hall–Kier alpha value is -1.06. The highest BCUT2D eigenvalue weighted by atomic mass is 35.5. The molecular weight excluding hydrogens is 250 g/mol. The number of halogens is 1. The Bertz CT molecular complexity index is 473.